The van der Waals surface area contributed by atoms with E-state index in [1.54, 1.807) is 25.6 Å². The third-order valence-electron chi connectivity index (χ3n) is 6.11. The van der Waals surface area contributed by atoms with E-state index in [0.29, 0.717) is 17.6 Å². The van der Waals surface area contributed by atoms with Crippen LogP contribution in [-0.2, 0) is 12.5 Å². The Bertz CT molecular complexity index is 1590. The summed E-state index contributed by atoms with van der Waals surface area (Å²) in [4.78, 5) is 17.9. The highest BCUT2D eigenvalue weighted by Crippen LogP contribution is 2.38. The quantitative estimate of drug-likeness (QED) is 0.296. The van der Waals surface area contributed by atoms with E-state index in [4.69, 9.17) is 4.74 Å². The Morgan fingerprint density at radius 1 is 0.919 bits per heavy atom. The van der Waals surface area contributed by atoms with Crippen LogP contribution in [0.25, 0.3) is 22.0 Å². The molecular formula is C28H30N8O. The molecule has 0 bridgehead atoms. The number of nitrogens with zero attached hydrogens (tertiary/aromatic N) is 6. The fourth-order valence-electron chi connectivity index (χ4n) is 4.04. The van der Waals surface area contributed by atoms with E-state index in [-0.39, 0.29) is 5.41 Å². The van der Waals surface area contributed by atoms with Gasteiger partial charge < -0.3 is 15.4 Å². The van der Waals surface area contributed by atoms with Crippen LogP contribution in [0.2, 0.25) is 0 Å². The van der Waals surface area contributed by atoms with Crippen molar-refractivity contribution in [1.82, 2.24) is 29.7 Å². The second-order valence-electron chi connectivity index (χ2n) is 9.85. The number of nitrogens with one attached hydrogen (secondary N) is 2. The zero-order chi connectivity index (χ0) is 26.2. The van der Waals surface area contributed by atoms with Gasteiger partial charge in [-0.3, -0.25) is 4.68 Å². The summed E-state index contributed by atoms with van der Waals surface area (Å²) < 4.78 is 8.34. The van der Waals surface area contributed by atoms with Gasteiger partial charge in [-0.25, -0.2) is 19.9 Å². The molecule has 188 valence electrons. The van der Waals surface area contributed by atoms with Gasteiger partial charge in [0.2, 0.25) is 11.8 Å². The molecule has 5 rings (SSSR count). The first-order valence-electron chi connectivity index (χ1n) is 12.1. The summed E-state index contributed by atoms with van der Waals surface area (Å²) in [6, 6.07) is 13.7. The van der Waals surface area contributed by atoms with Crippen LogP contribution in [0.5, 0.6) is 11.6 Å². The van der Waals surface area contributed by atoms with Crippen LogP contribution in [0.3, 0.4) is 0 Å². The molecule has 9 heteroatoms. The molecule has 0 saturated heterocycles. The standard InChI is InChI=1S/C28H30N8O/c1-17-9-10-19-18(11-14-30-25(19)34-23-16-22(28(2,3)4)35-36(23)6)24(17)37-26-20(8-7-13-31-26)21-12-15-32-27(29-5)33-21/h7-16H,1-6H3,(H,30,34)(H,29,32,33). The van der Waals surface area contributed by atoms with Gasteiger partial charge in [-0.2, -0.15) is 5.10 Å². The number of benzene rings is 1. The zero-order valence-corrected chi connectivity index (χ0v) is 21.9. The maximum absolute atomic E-state index is 6.49. The first kappa shape index (κ1) is 24.2. The number of rotatable bonds is 6. The lowest BCUT2D eigenvalue weighted by Crippen LogP contribution is -2.12. The topological polar surface area (TPSA) is 103 Å². The predicted molar refractivity (Wildman–Crippen MR) is 147 cm³/mol. The highest BCUT2D eigenvalue weighted by molar-refractivity contribution is 5.98. The Morgan fingerprint density at radius 2 is 1.73 bits per heavy atom. The van der Waals surface area contributed by atoms with E-state index < -0.39 is 0 Å². The van der Waals surface area contributed by atoms with Gasteiger partial charge >= 0.3 is 0 Å². The van der Waals surface area contributed by atoms with Crippen molar-refractivity contribution >= 4 is 28.4 Å². The minimum Gasteiger partial charge on any atom is -0.437 e. The van der Waals surface area contributed by atoms with Gasteiger partial charge in [0.15, 0.2) is 0 Å². The van der Waals surface area contributed by atoms with Crippen LogP contribution in [0, 0.1) is 6.92 Å². The molecule has 5 aromatic rings. The van der Waals surface area contributed by atoms with Crippen LogP contribution in [-0.4, -0.2) is 36.8 Å². The van der Waals surface area contributed by atoms with Gasteiger partial charge in [0.25, 0.3) is 0 Å². The Morgan fingerprint density at radius 3 is 2.49 bits per heavy atom. The summed E-state index contributed by atoms with van der Waals surface area (Å²) in [5, 5.41) is 13.0. The molecule has 0 aliphatic heterocycles. The average Bonchev–Trinajstić information content (AvgIpc) is 3.27. The zero-order valence-electron chi connectivity index (χ0n) is 21.9. The maximum atomic E-state index is 6.49. The summed E-state index contributed by atoms with van der Waals surface area (Å²) in [7, 11) is 3.71. The van der Waals surface area contributed by atoms with Crippen molar-refractivity contribution in [2.24, 2.45) is 7.05 Å². The molecule has 0 aliphatic rings. The van der Waals surface area contributed by atoms with Crippen LogP contribution in [0.1, 0.15) is 32.0 Å². The van der Waals surface area contributed by atoms with Gasteiger partial charge in [0, 0.05) is 54.9 Å². The summed E-state index contributed by atoms with van der Waals surface area (Å²) in [5.41, 5.74) is 3.42. The molecule has 0 amide bonds. The van der Waals surface area contributed by atoms with E-state index in [9.17, 15) is 0 Å². The minimum absolute atomic E-state index is 0.0555. The van der Waals surface area contributed by atoms with Crippen LogP contribution in [0.15, 0.2) is 61.1 Å². The molecule has 9 nitrogen and oxygen atoms in total. The lowest BCUT2D eigenvalue weighted by molar-refractivity contribution is 0.466. The van der Waals surface area contributed by atoms with E-state index in [1.807, 2.05) is 49.0 Å². The van der Waals surface area contributed by atoms with Crippen LogP contribution < -0.4 is 15.4 Å². The van der Waals surface area contributed by atoms with Crippen molar-refractivity contribution in [2.75, 3.05) is 17.7 Å². The van der Waals surface area contributed by atoms with Crippen molar-refractivity contribution < 1.29 is 4.74 Å². The average molecular weight is 495 g/mol. The second kappa shape index (κ2) is 9.50. The van der Waals surface area contributed by atoms with Gasteiger partial charge in [-0.15, -0.1) is 0 Å². The van der Waals surface area contributed by atoms with Crippen molar-refractivity contribution in [3.8, 4) is 22.9 Å². The molecule has 0 aliphatic carbocycles. The van der Waals surface area contributed by atoms with Crippen molar-refractivity contribution in [3.63, 3.8) is 0 Å². The second-order valence-corrected chi connectivity index (χ2v) is 9.85. The fourth-order valence-corrected chi connectivity index (χ4v) is 4.04. The molecule has 0 unspecified atom stereocenters. The first-order valence-corrected chi connectivity index (χ1v) is 12.1. The predicted octanol–water partition coefficient (Wildman–Crippen LogP) is 6.00. The largest absolute Gasteiger partial charge is 0.437 e. The Balaban J connectivity index is 1.55. The van der Waals surface area contributed by atoms with Gasteiger partial charge in [-0.1, -0.05) is 32.9 Å². The molecule has 37 heavy (non-hydrogen) atoms. The minimum atomic E-state index is -0.0555. The van der Waals surface area contributed by atoms with E-state index in [0.717, 1.165) is 44.9 Å². The van der Waals surface area contributed by atoms with Crippen molar-refractivity contribution in [1.29, 1.82) is 0 Å². The molecule has 2 N–H and O–H groups in total. The SMILES string of the molecule is CNc1nccc(-c2cccnc2Oc2c(C)ccc3c(Nc4cc(C(C)(C)C)nn4C)nccc23)n1. The summed E-state index contributed by atoms with van der Waals surface area (Å²) in [6.07, 6.45) is 5.20. The van der Waals surface area contributed by atoms with E-state index in [1.165, 1.54) is 0 Å². The number of aryl methyl sites for hydroxylation is 2. The lowest BCUT2D eigenvalue weighted by Gasteiger charge is -2.16. The first-order chi connectivity index (χ1) is 17.7. The highest BCUT2D eigenvalue weighted by atomic mass is 16.5. The third-order valence-corrected chi connectivity index (χ3v) is 6.11. The number of fused-ring (bicyclic) bond motifs is 1. The Labute approximate surface area is 216 Å². The molecule has 4 heterocycles. The number of aromatic nitrogens is 6. The molecule has 4 aromatic heterocycles. The van der Waals surface area contributed by atoms with Gasteiger partial charge in [-0.05, 0) is 36.8 Å². The lowest BCUT2D eigenvalue weighted by atomic mass is 9.92. The molecule has 1 aromatic carbocycles. The highest BCUT2D eigenvalue weighted by Gasteiger charge is 2.20. The molecule has 0 fully saturated rings. The van der Waals surface area contributed by atoms with E-state index in [2.05, 4.69) is 68.6 Å². The molecule has 0 spiro atoms. The van der Waals surface area contributed by atoms with Crippen molar-refractivity contribution in [2.45, 2.75) is 33.1 Å². The number of pyridine rings is 2. The Kier molecular flexibility index (Phi) is 6.20. The monoisotopic (exact) mass is 494 g/mol. The molecule has 0 atom stereocenters. The van der Waals surface area contributed by atoms with Crippen LogP contribution in [0.4, 0.5) is 17.6 Å². The third kappa shape index (κ3) is 4.80. The number of hydrogen-bond acceptors (Lipinski definition) is 8. The maximum Gasteiger partial charge on any atom is 0.228 e. The fraction of sp³-hybridized carbons (Fsp3) is 0.250. The summed E-state index contributed by atoms with van der Waals surface area (Å²) in [5.74, 6) is 3.30. The van der Waals surface area contributed by atoms with Gasteiger partial charge in [0.05, 0.1) is 17.0 Å². The smallest absolute Gasteiger partial charge is 0.228 e. The number of anilines is 3. The molecule has 0 radical (unpaired) electrons. The van der Waals surface area contributed by atoms with Gasteiger partial charge in [0.1, 0.15) is 17.4 Å². The molecule has 0 saturated carbocycles. The van der Waals surface area contributed by atoms with Crippen molar-refractivity contribution in [3.05, 3.63) is 72.3 Å². The summed E-state index contributed by atoms with van der Waals surface area (Å²) >= 11 is 0. The summed E-state index contributed by atoms with van der Waals surface area (Å²) in [6.45, 7) is 8.46. The van der Waals surface area contributed by atoms with E-state index >= 15 is 0 Å². The number of hydrogen-bond donors (Lipinski definition) is 2. The Hall–Kier alpha value is -4.53. The normalized spacial score (nSPS) is 11.5. The molecular weight excluding hydrogens is 464 g/mol. The van der Waals surface area contributed by atoms with Crippen LogP contribution >= 0.6 is 0 Å². The number of ether oxygens (including phenoxy) is 1.